The Bertz CT molecular complexity index is 999. The number of rotatable bonds is 6. The van der Waals surface area contributed by atoms with Gasteiger partial charge in [0.05, 0.1) is 18.6 Å². The predicted octanol–water partition coefficient (Wildman–Crippen LogP) is 4.29. The molecule has 3 aromatic rings. The second-order valence-electron chi connectivity index (χ2n) is 7.06. The van der Waals surface area contributed by atoms with Crippen LogP contribution in [0.4, 0.5) is 0 Å². The maximum atomic E-state index is 12.5. The van der Waals surface area contributed by atoms with Crippen molar-refractivity contribution in [2.24, 2.45) is 0 Å². The normalized spacial score (nSPS) is 16.2. The van der Waals surface area contributed by atoms with E-state index in [1.807, 2.05) is 66.4 Å². The third kappa shape index (κ3) is 4.54. The van der Waals surface area contributed by atoms with Gasteiger partial charge in [0.2, 0.25) is 5.91 Å². The van der Waals surface area contributed by atoms with Crippen molar-refractivity contribution < 1.29 is 14.0 Å². The molecule has 0 aliphatic carbocycles. The van der Waals surface area contributed by atoms with Crippen molar-refractivity contribution >= 4 is 23.6 Å². The van der Waals surface area contributed by atoms with Crippen molar-refractivity contribution in [1.29, 1.82) is 0 Å². The Kier molecular flexibility index (Phi) is 5.71. The fourth-order valence-electron chi connectivity index (χ4n) is 3.38. The molecule has 4 rings (SSSR count). The van der Waals surface area contributed by atoms with E-state index in [0.29, 0.717) is 24.4 Å². The van der Waals surface area contributed by atoms with Gasteiger partial charge in [-0.05, 0) is 42.3 Å². The van der Waals surface area contributed by atoms with Crippen molar-refractivity contribution in [3.63, 3.8) is 0 Å². The molecule has 1 fully saturated rings. The summed E-state index contributed by atoms with van der Waals surface area (Å²) in [6, 6.07) is 19.2. The quantitative estimate of drug-likeness (QED) is 0.663. The largest absolute Gasteiger partial charge is 0.467 e. The number of furan rings is 1. The van der Waals surface area contributed by atoms with E-state index in [1.165, 1.54) is 5.56 Å². The molecular weight excluding hydrogens is 384 g/mol. The number of hydrogen-bond acceptors (Lipinski definition) is 4. The van der Waals surface area contributed by atoms with Crippen LogP contribution in [0.5, 0.6) is 0 Å². The van der Waals surface area contributed by atoms with E-state index in [4.69, 9.17) is 4.42 Å². The molecule has 2 heterocycles. The van der Waals surface area contributed by atoms with E-state index >= 15 is 0 Å². The lowest BCUT2D eigenvalue weighted by Gasteiger charge is -2.23. The van der Waals surface area contributed by atoms with Crippen LogP contribution in [-0.4, -0.2) is 22.5 Å². The van der Waals surface area contributed by atoms with E-state index in [0.717, 1.165) is 16.9 Å². The maximum absolute atomic E-state index is 12.5. The molecule has 29 heavy (non-hydrogen) atoms. The van der Waals surface area contributed by atoms with Crippen LogP contribution in [0.25, 0.3) is 0 Å². The van der Waals surface area contributed by atoms with Gasteiger partial charge in [0.15, 0.2) is 0 Å². The molecule has 148 valence electrons. The molecule has 1 N–H and O–H groups in total. The lowest BCUT2D eigenvalue weighted by Crippen LogP contribution is -2.27. The smallest absolute Gasteiger partial charge is 0.251 e. The summed E-state index contributed by atoms with van der Waals surface area (Å²) in [5.41, 5.74) is 3.85. The van der Waals surface area contributed by atoms with E-state index < -0.39 is 0 Å². The molecule has 1 aliphatic rings. The molecule has 2 aromatic carbocycles. The molecule has 2 amide bonds. The summed E-state index contributed by atoms with van der Waals surface area (Å²) in [5.74, 6) is 1.19. The SMILES string of the molecule is Cc1cccc(CNC(=O)c2ccc([C@@H]3SCC(=O)N3Cc3ccco3)cc2)c1. The molecule has 1 saturated heterocycles. The van der Waals surface area contributed by atoms with Gasteiger partial charge in [0.25, 0.3) is 5.91 Å². The molecule has 1 atom stereocenters. The Labute approximate surface area is 174 Å². The number of amides is 2. The van der Waals surface area contributed by atoms with Gasteiger partial charge in [0, 0.05) is 12.1 Å². The number of nitrogens with one attached hydrogen (secondary N) is 1. The molecule has 0 radical (unpaired) electrons. The molecule has 6 heteroatoms. The lowest BCUT2D eigenvalue weighted by atomic mass is 10.1. The fourth-order valence-corrected chi connectivity index (χ4v) is 4.57. The van der Waals surface area contributed by atoms with Crippen LogP contribution < -0.4 is 5.32 Å². The van der Waals surface area contributed by atoms with Crippen LogP contribution in [0.1, 0.15) is 38.2 Å². The zero-order valence-corrected chi connectivity index (χ0v) is 16.9. The van der Waals surface area contributed by atoms with E-state index in [-0.39, 0.29) is 17.2 Å². The van der Waals surface area contributed by atoms with Crippen molar-refractivity contribution in [3.8, 4) is 0 Å². The minimum absolute atomic E-state index is 0.0722. The third-order valence-electron chi connectivity index (χ3n) is 4.87. The van der Waals surface area contributed by atoms with Gasteiger partial charge >= 0.3 is 0 Å². The molecule has 1 aliphatic heterocycles. The highest BCUT2D eigenvalue weighted by Crippen LogP contribution is 2.39. The highest BCUT2D eigenvalue weighted by atomic mass is 32.2. The predicted molar refractivity (Wildman–Crippen MR) is 113 cm³/mol. The molecule has 0 unspecified atom stereocenters. The van der Waals surface area contributed by atoms with Gasteiger partial charge in [-0.25, -0.2) is 0 Å². The standard InChI is InChI=1S/C23H22N2O3S/c1-16-4-2-5-17(12-16)13-24-22(27)18-7-9-19(10-8-18)23-25(21(26)15-29-23)14-20-6-3-11-28-20/h2-12,23H,13-15H2,1H3,(H,24,27)/t23-/m0/s1. The van der Waals surface area contributed by atoms with Gasteiger partial charge in [0.1, 0.15) is 11.1 Å². The highest BCUT2D eigenvalue weighted by molar-refractivity contribution is 8.00. The first-order valence-corrected chi connectivity index (χ1v) is 10.5. The summed E-state index contributed by atoms with van der Waals surface area (Å²) in [6.07, 6.45) is 1.61. The van der Waals surface area contributed by atoms with Crippen molar-refractivity contribution in [2.75, 3.05) is 5.75 Å². The van der Waals surface area contributed by atoms with Crippen LogP contribution in [0.3, 0.4) is 0 Å². The monoisotopic (exact) mass is 406 g/mol. The lowest BCUT2D eigenvalue weighted by molar-refractivity contribution is -0.128. The van der Waals surface area contributed by atoms with Crippen LogP contribution in [0.15, 0.2) is 71.3 Å². The number of carbonyl (C=O) groups is 2. The third-order valence-corrected chi connectivity index (χ3v) is 6.12. The minimum atomic E-state index is -0.111. The van der Waals surface area contributed by atoms with Gasteiger partial charge < -0.3 is 14.6 Å². The molecule has 1 aromatic heterocycles. The molecule has 5 nitrogen and oxygen atoms in total. The maximum Gasteiger partial charge on any atom is 0.251 e. The Hall–Kier alpha value is -2.99. The number of aryl methyl sites for hydroxylation is 1. The van der Waals surface area contributed by atoms with E-state index in [2.05, 4.69) is 11.4 Å². The van der Waals surface area contributed by atoms with Crippen molar-refractivity contribution in [3.05, 3.63) is 94.9 Å². The zero-order valence-electron chi connectivity index (χ0n) is 16.1. The van der Waals surface area contributed by atoms with Crippen LogP contribution in [-0.2, 0) is 17.9 Å². The number of thioether (sulfide) groups is 1. The van der Waals surface area contributed by atoms with Gasteiger partial charge in [-0.1, -0.05) is 42.0 Å². The average Bonchev–Trinajstić information content (AvgIpc) is 3.37. The number of hydrogen-bond donors (Lipinski definition) is 1. The topological polar surface area (TPSA) is 62.6 Å². The van der Waals surface area contributed by atoms with Gasteiger partial charge in [-0.3, -0.25) is 9.59 Å². The Morgan fingerprint density at radius 2 is 2.00 bits per heavy atom. The average molecular weight is 407 g/mol. The Balaban J connectivity index is 1.41. The van der Waals surface area contributed by atoms with Gasteiger partial charge in [-0.15, -0.1) is 11.8 Å². The highest BCUT2D eigenvalue weighted by Gasteiger charge is 2.33. The summed E-state index contributed by atoms with van der Waals surface area (Å²) < 4.78 is 5.39. The number of carbonyl (C=O) groups excluding carboxylic acids is 2. The second-order valence-corrected chi connectivity index (χ2v) is 8.13. The molecular formula is C23H22N2O3S. The van der Waals surface area contributed by atoms with Crippen LogP contribution in [0.2, 0.25) is 0 Å². The second kappa shape index (κ2) is 8.57. The first-order valence-electron chi connectivity index (χ1n) is 9.47. The van der Waals surface area contributed by atoms with Crippen LogP contribution in [0, 0.1) is 6.92 Å². The number of nitrogens with zero attached hydrogens (tertiary/aromatic N) is 1. The summed E-state index contributed by atoms with van der Waals surface area (Å²) >= 11 is 1.59. The van der Waals surface area contributed by atoms with Crippen molar-refractivity contribution in [1.82, 2.24) is 10.2 Å². The zero-order chi connectivity index (χ0) is 20.2. The van der Waals surface area contributed by atoms with Gasteiger partial charge in [-0.2, -0.15) is 0 Å². The van der Waals surface area contributed by atoms with Crippen molar-refractivity contribution in [2.45, 2.75) is 25.4 Å². The summed E-state index contributed by atoms with van der Waals surface area (Å²) in [6.45, 7) is 2.97. The van der Waals surface area contributed by atoms with E-state index in [1.54, 1.807) is 18.0 Å². The summed E-state index contributed by atoms with van der Waals surface area (Å²) in [7, 11) is 0. The molecule has 0 spiro atoms. The van der Waals surface area contributed by atoms with E-state index in [9.17, 15) is 9.59 Å². The molecule has 0 saturated carbocycles. The Morgan fingerprint density at radius 3 is 2.72 bits per heavy atom. The van der Waals surface area contributed by atoms with Crippen LogP contribution >= 0.6 is 11.8 Å². The minimum Gasteiger partial charge on any atom is -0.467 e. The Morgan fingerprint density at radius 1 is 1.17 bits per heavy atom. The number of benzene rings is 2. The molecule has 0 bridgehead atoms. The summed E-state index contributed by atoms with van der Waals surface area (Å²) in [4.78, 5) is 26.6. The fraction of sp³-hybridized carbons (Fsp3) is 0.217. The first kappa shape index (κ1) is 19.3. The first-order chi connectivity index (χ1) is 14.1. The summed E-state index contributed by atoms with van der Waals surface area (Å²) in [5, 5.41) is 2.88.